The molecule has 1 N–H and O–H groups in total. The van der Waals surface area contributed by atoms with Gasteiger partial charge >= 0.3 is 6.18 Å². The van der Waals surface area contributed by atoms with E-state index in [4.69, 9.17) is 0 Å². The SMILES string of the molecule is CC1=C=CC(C)=NN1Cc1ccc(C(F)(F)F)cc1NS(=O)c1ccccn1. The van der Waals surface area contributed by atoms with Gasteiger partial charge in [-0.15, -0.1) is 0 Å². The fraction of sp³-hybridized carbons (Fsp3) is 0.211. The lowest BCUT2D eigenvalue weighted by atomic mass is 10.1. The van der Waals surface area contributed by atoms with Crippen molar-refractivity contribution in [1.82, 2.24) is 9.99 Å². The zero-order valence-corrected chi connectivity index (χ0v) is 15.9. The predicted molar refractivity (Wildman–Crippen MR) is 102 cm³/mol. The predicted octanol–water partition coefficient (Wildman–Crippen LogP) is 4.49. The quantitative estimate of drug-likeness (QED) is 0.745. The monoisotopic (exact) mass is 406 g/mol. The molecule has 0 saturated carbocycles. The molecule has 9 heteroatoms. The van der Waals surface area contributed by atoms with Gasteiger partial charge in [0.15, 0.2) is 11.0 Å². The van der Waals surface area contributed by atoms with Crippen LogP contribution in [0.4, 0.5) is 18.9 Å². The summed E-state index contributed by atoms with van der Waals surface area (Å²) in [6, 6.07) is 8.16. The Hall–Kier alpha value is -2.90. The molecular formula is C19H17F3N4OS. The minimum atomic E-state index is -4.51. The highest BCUT2D eigenvalue weighted by atomic mass is 32.2. The Morgan fingerprint density at radius 3 is 2.68 bits per heavy atom. The number of rotatable bonds is 5. The number of nitrogens with one attached hydrogen (secondary N) is 1. The lowest BCUT2D eigenvalue weighted by Crippen LogP contribution is -2.20. The number of alkyl halides is 3. The lowest BCUT2D eigenvalue weighted by Gasteiger charge is -2.23. The molecule has 28 heavy (non-hydrogen) atoms. The van der Waals surface area contributed by atoms with Gasteiger partial charge in [0.2, 0.25) is 0 Å². The van der Waals surface area contributed by atoms with E-state index in [1.165, 1.54) is 18.3 Å². The number of hydrogen-bond acceptors (Lipinski definition) is 4. The van der Waals surface area contributed by atoms with Crippen LogP contribution >= 0.6 is 0 Å². The summed E-state index contributed by atoms with van der Waals surface area (Å²) in [5, 5.41) is 6.22. The van der Waals surface area contributed by atoms with Gasteiger partial charge in [0.25, 0.3) is 0 Å². The van der Waals surface area contributed by atoms with Crippen molar-refractivity contribution in [3.05, 3.63) is 71.2 Å². The maximum absolute atomic E-state index is 13.2. The number of hydrazone groups is 1. The fourth-order valence-electron chi connectivity index (χ4n) is 2.49. The van der Waals surface area contributed by atoms with E-state index in [0.717, 1.165) is 23.5 Å². The van der Waals surface area contributed by atoms with E-state index in [2.05, 4.69) is 20.5 Å². The van der Waals surface area contributed by atoms with Gasteiger partial charge in [0, 0.05) is 12.3 Å². The van der Waals surface area contributed by atoms with Gasteiger partial charge in [-0.2, -0.15) is 18.3 Å². The molecule has 2 aromatic rings. The molecule has 0 fully saturated rings. The molecule has 0 bridgehead atoms. The van der Waals surface area contributed by atoms with Gasteiger partial charge in [-0.25, -0.2) is 9.19 Å². The summed E-state index contributed by atoms with van der Waals surface area (Å²) < 4.78 is 54.7. The molecule has 1 unspecified atom stereocenters. The number of allylic oxidation sites excluding steroid dienone is 1. The van der Waals surface area contributed by atoms with Gasteiger partial charge < -0.3 is 0 Å². The average Bonchev–Trinajstić information content (AvgIpc) is 2.66. The van der Waals surface area contributed by atoms with E-state index in [1.54, 1.807) is 37.1 Å². The van der Waals surface area contributed by atoms with Crippen molar-refractivity contribution in [3.8, 4) is 0 Å². The zero-order valence-electron chi connectivity index (χ0n) is 15.1. The second-order valence-electron chi connectivity index (χ2n) is 6.08. The van der Waals surface area contributed by atoms with Crippen LogP contribution in [0.5, 0.6) is 0 Å². The largest absolute Gasteiger partial charge is 0.416 e. The summed E-state index contributed by atoms with van der Waals surface area (Å²) in [4.78, 5) is 3.98. The molecule has 5 nitrogen and oxygen atoms in total. The van der Waals surface area contributed by atoms with Crippen molar-refractivity contribution in [2.45, 2.75) is 31.6 Å². The van der Waals surface area contributed by atoms with Crippen LogP contribution in [-0.2, 0) is 23.7 Å². The van der Waals surface area contributed by atoms with E-state index in [-0.39, 0.29) is 17.3 Å². The Balaban J connectivity index is 1.95. The van der Waals surface area contributed by atoms with Crippen molar-refractivity contribution >= 4 is 22.4 Å². The number of benzene rings is 1. The van der Waals surface area contributed by atoms with Crippen LogP contribution in [0.2, 0.25) is 0 Å². The molecular weight excluding hydrogens is 389 g/mol. The topological polar surface area (TPSA) is 57.6 Å². The first-order valence-corrected chi connectivity index (χ1v) is 9.44. The Labute approximate surface area is 162 Å². The molecule has 1 aliphatic heterocycles. The lowest BCUT2D eigenvalue weighted by molar-refractivity contribution is -0.137. The van der Waals surface area contributed by atoms with Gasteiger partial charge in [-0.3, -0.25) is 9.73 Å². The third kappa shape index (κ3) is 4.68. The van der Waals surface area contributed by atoms with Gasteiger partial charge in [-0.1, -0.05) is 17.9 Å². The van der Waals surface area contributed by atoms with Crippen LogP contribution in [0.15, 0.2) is 70.2 Å². The van der Waals surface area contributed by atoms with E-state index < -0.39 is 22.7 Å². The Morgan fingerprint density at radius 2 is 2.00 bits per heavy atom. The van der Waals surface area contributed by atoms with Gasteiger partial charge in [0.1, 0.15) is 5.03 Å². The van der Waals surface area contributed by atoms with Crippen LogP contribution in [0, 0.1) is 0 Å². The molecule has 0 spiro atoms. The Bertz CT molecular complexity index is 996. The van der Waals surface area contributed by atoms with Crippen LogP contribution in [0.25, 0.3) is 0 Å². The smallest absolute Gasteiger partial charge is 0.300 e. The Morgan fingerprint density at radius 1 is 1.21 bits per heavy atom. The number of pyridine rings is 1. The van der Waals surface area contributed by atoms with Gasteiger partial charge in [0.05, 0.1) is 29.2 Å². The van der Waals surface area contributed by atoms with Crippen molar-refractivity contribution in [2.75, 3.05) is 4.72 Å². The van der Waals surface area contributed by atoms with Crippen molar-refractivity contribution in [1.29, 1.82) is 0 Å². The molecule has 1 atom stereocenters. The second kappa shape index (κ2) is 8.00. The third-order valence-corrected chi connectivity index (χ3v) is 4.97. The van der Waals surface area contributed by atoms with Crippen molar-refractivity contribution in [2.24, 2.45) is 5.10 Å². The van der Waals surface area contributed by atoms with Crippen LogP contribution in [0.3, 0.4) is 0 Å². The van der Waals surface area contributed by atoms with Crippen LogP contribution < -0.4 is 4.72 Å². The minimum Gasteiger partial charge on any atom is -0.300 e. The number of halogens is 3. The summed E-state index contributed by atoms with van der Waals surface area (Å²) in [5.74, 6) is 0. The zero-order chi connectivity index (χ0) is 20.3. The number of aromatic nitrogens is 1. The summed E-state index contributed by atoms with van der Waals surface area (Å²) in [7, 11) is -1.81. The molecule has 3 rings (SSSR count). The molecule has 146 valence electrons. The highest BCUT2D eigenvalue weighted by Crippen LogP contribution is 2.33. The first-order chi connectivity index (χ1) is 13.2. The standard InChI is InChI=1S/C19H17F3N4OS/c1-13-6-7-14(2)26(24-13)12-15-8-9-16(19(20,21)22)11-17(15)25-28(27)18-5-3-4-10-23-18/h3-6,8-11,25H,12H2,1-2H3. The van der Waals surface area contributed by atoms with Crippen molar-refractivity contribution in [3.63, 3.8) is 0 Å². The number of hydrogen-bond donors (Lipinski definition) is 1. The van der Waals surface area contributed by atoms with E-state index in [9.17, 15) is 17.4 Å². The molecule has 0 amide bonds. The first kappa shape index (κ1) is 19.9. The highest BCUT2D eigenvalue weighted by molar-refractivity contribution is 7.86. The van der Waals surface area contributed by atoms with E-state index >= 15 is 0 Å². The number of anilines is 1. The summed E-state index contributed by atoms with van der Waals surface area (Å²) >= 11 is 0. The molecule has 0 radical (unpaired) electrons. The van der Waals surface area contributed by atoms with Crippen molar-refractivity contribution < 1.29 is 17.4 Å². The fourth-order valence-corrected chi connectivity index (χ4v) is 3.34. The highest BCUT2D eigenvalue weighted by Gasteiger charge is 2.31. The van der Waals surface area contributed by atoms with Crippen LogP contribution in [-0.4, -0.2) is 19.9 Å². The van der Waals surface area contributed by atoms with E-state index in [0.29, 0.717) is 5.56 Å². The summed E-state index contributed by atoms with van der Waals surface area (Å²) in [6.07, 6.45) is -1.32. The molecule has 0 aliphatic carbocycles. The third-order valence-electron chi connectivity index (χ3n) is 3.94. The maximum atomic E-state index is 13.2. The maximum Gasteiger partial charge on any atom is 0.416 e. The second-order valence-corrected chi connectivity index (χ2v) is 7.24. The molecule has 2 heterocycles. The summed E-state index contributed by atoms with van der Waals surface area (Å²) in [5.41, 5.74) is 4.28. The number of nitrogens with zero attached hydrogens (tertiary/aromatic N) is 3. The summed E-state index contributed by atoms with van der Waals surface area (Å²) in [6.45, 7) is 3.80. The normalized spacial score (nSPS) is 15.1. The average molecular weight is 406 g/mol. The van der Waals surface area contributed by atoms with Gasteiger partial charge in [-0.05, 0) is 43.7 Å². The molecule has 0 saturated heterocycles. The van der Waals surface area contributed by atoms with Crippen LogP contribution in [0.1, 0.15) is 25.0 Å². The molecule has 1 aromatic carbocycles. The Kier molecular flexibility index (Phi) is 5.67. The molecule has 1 aromatic heterocycles. The minimum absolute atomic E-state index is 0.106. The van der Waals surface area contributed by atoms with E-state index in [1.807, 2.05) is 0 Å². The first-order valence-electron chi connectivity index (χ1n) is 8.29. The molecule has 1 aliphatic rings.